The van der Waals surface area contributed by atoms with E-state index in [0.29, 0.717) is 18.5 Å². The van der Waals surface area contributed by atoms with Crippen LogP contribution in [0.4, 0.5) is 13.2 Å². The zero-order chi connectivity index (χ0) is 16.1. The van der Waals surface area contributed by atoms with Gasteiger partial charge < -0.3 is 15.2 Å². The molecule has 0 fully saturated rings. The van der Waals surface area contributed by atoms with E-state index in [1.165, 1.54) is 18.2 Å². The van der Waals surface area contributed by atoms with Crippen LogP contribution in [-0.4, -0.2) is 24.1 Å². The Morgan fingerprint density at radius 2 is 1.90 bits per heavy atom. The number of alkyl halides is 3. The van der Waals surface area contributed by atoms with Crippen LogP contribution in [0.3, 0.4) is 0 Å². The highest BCUT2D eigenvalue weighted by Crippen LogP contribution is 2.25. The summed E-state index contributed by atoms with van der Waals surface area (Å²) in [4.78, 5) is 0. The standard InChI is InChI=1S/C15H22F3NO2/c1-14(2,3)13(7-8-20)19-10-11-5-4-6-12(9-11)21-15(16,17)18/h4-6,9,13,19-20H,7-8,10H2,1-3H3. The summed E-state index contributed by atoms with van der Waals surface area (Å²) in [5, 5.41) is 12.4. The Kier molecular flexibility index (Phi) is 6.04. The van der Waals surface area contributed by atoms with E-state index in [0.717, 1.165) is 0 Å². The van der Waals surface area contributed by atoms with Crippen LogP contribution in [0.5, 0.6) is 5.75 Å². The minimum absolute atomic E-state index is 0.0528. The van der Waals surface area contributed by atoms with Crippen molar-refractivity contribution in [3.63, 3.8) is 0 Å². The number of nitrogens with one attached hydrogen (secondary N) is 1. The Labute approximate surface area is 123 Å². The fraction of sp³-hybridized carbons (Fsp3) is 0.600. The minimum Gasteiger partial charge on any atom is -0.406 e. The van der Waals surface area contributed by atoms with E-state index in [-0.39, 0.29) is 23.8 Å². The fourth-order valence-electron chi connectivity index (χ4n) is 2.06. The van der Waals surface area contributed by atoms with Gasteiger partial charge in [0, 0.05) is 19.2 Å². The lowest BCUT2D eigenvalue weighted by molar-refractivity contribution is -0.274. The van der Waals surface area contributed by atoms with Crippen molar-refractivity contribution < 1.29 is 23.0 Å². The smallest absolute Gasteiger partial charge is 0.406 e. The maximum atomic E-state index is 12.2. The number of halogens is 3. The Morgan fingerprint density at radius 3 is 2.43 bits per heavy atom. The van der Waals surface area contributed by atoms with Crippen molar-refractivity contribution in [2.45, 2.75) is 46.1 Å². The molecule has 0 saturated carbocycles. The van der Waals surface area contributed by atoms with Gasteiger partial charge in [0.25, 0.3) is 0 Å². The molecule has 0 radical (unpaired) electrons. The summed E-state index contributed by atoms with van der Waals surface area (Å²) in [6.45, 7) is 6.61. The number of hydrogen-bond donors (Lipinski definition) is 2. The van der Waals surface area contributed by atoms with Gasteiger partial charge in [0.15, 0.2) is 0 Å². The number of aliphatic hydroxyl groups excluding tert-OH is 1. The van der Waals surface area contributed by atoms with Crippen molar-refractivity contribution in [3.8, 4) is 5.75 Å². The van der Waals surface area contributed by atoms with Crippen LogP contribution in [0.1, 0.15) is 32.8 Å². The van der Waals surface area contributed by atoms with Crippen molar-refractivity contribution >= 4 is 0 Å². The van der Waals surface area contributed by atoms with Gasteiger partial charge in [0.1, 0.15) is 5.75 Å². The molecule has 21 heavy (non-hydrogen) atoms. The van der Waals surface area contributed by atoms with Crippen LogP contribution in [-0.2, 0) is 6.54 Å². The molecule has 1 rings (SSSR count). The molecule has 0 aromatic heterocycles. The van der Waals surface area contributed by atoms with Gasteiger partial charge in [-0.1, -0.05) is 32.9 Å². The summed E-state index contributed by atoms with van der Waals surface area (Å²) >= 11 is 0. The van der Waals surface area contributed by atoms with Crippen LogP contribution < -0.4 is 10.1 Å². The van der Waals surface area contributed by atoms with Crippen LogP contribution in [0.2, 0.25) is 0 Å². The summed E-state index contributed by atoms with van der Waals surface area (Å²) in [6.07, 6.45) is -4.10. The lowest BCUT2D eigenvalue weighted by Gasteiger charge is -2.31. The first kappa shape index (κ1) is 17.8. The molecule has 0 aliphatic heterocycles. The number of aliphatic hydroxyl groups is 1. The van der Waals surface area contributed by atoms with Crippen LogP contribution in [0.15, 0.2) is 24.3 Å². The second-order valence-electron chi connectivity index (χ2n) is 6.01. The largest absolute Gasteiger partial charge is 0.573 e. The summed E-state index contributed by atoms with van der Waals surface area (Å²) in [5.41, 5.74) is 0.645. The Hall–Kier alpha value is -1.27. The molecule has 0 saturated heterocycles. The van der Waals surface area contributed by atoms with E-state index < -0.39 is 6.36 Å². The zero-order valence-corrected chi connectivity index (χ0v) is 12.5. The van der Waals surface area contributed by atoms with Gasteiger partial charge >= 0.3 is 6.36 Å². The second kappa shape index (κ2) is 7.13. The van der Waals surface area contributed by atoms with Crippen molar-refractivity contribution in [2.75, 3.05) is 6.61 Å². The SMILES string of the molecule is CC(C)(C)C(CCO)NCc1cccc(OC(F)(F)F)c1. The van der Waals surface area contributed by atoms with Crippen LogP contribution >= 0.6 is 0 Å². The molecule has 0 bridgehead atoms. The fourth-order valence-corrected chi connectivity index (χ4v) is 2.06. The number of benzene rings is 1. The van der Waals surface area contributed by atoms with Crippen molar-refractivity contribution in [2.24, 2.45) is 5.41 Å². The van der Waals surface area contributed by atoms with E-state index in [1.54, 1.807) is 6.07 Å². The summed E-state index contributed by atoms with van der Waals surface area (Å²) < 4.78 is 40.4. The van der Waals surface area contributed by atoms with Gasteiger partial charge in [-0.2, -0.15) is 0 Å². The lowest BCUT2D eigenvalue weighted by Crippen LogP contribution is -2.40. The van der Waals surface area contributed by atoms with E-state index in [2.05, 4.69) is 10.1 Å². The van der Waals surface area contributed by atoms with Gasteiger partial charge in [-0.15, -0.1) is 13.2 Å². The number of ether oxygens (including phenoxy) is 1. The molecule has 120 valence electrons. The lowest BCUT2D eigenvalue weighted by atomic mass is 9.85. The van der Waals surface area contributed by atoms with Gasteiger partial charge in [-0.25, -0.2) is 0 Å². The third-order valence-corrected chi connectivity index (χ3v) is 3.15. The highest BCUT2D eigenvalue weighted by Gasteiger charge is 2.31. The molecule has 1 aromatic carbocycles. The van der Waals surface area contributed by atoms with Crippen molar-refractivity contribution in [1.29, 1.82) is 0 Å². The predicted molar refractivity (Wildman–Crippen MR) is 74.9 cm³/mol. The first-order valence-electron chi connectivity index (χ1n) is 6.81. The topological polar surface area (TPSA) is 41.5 Å². The Balaban J connectivity index is 2.68. The zero-order valence-electron chi connectivity index (χ0n) is 12.5. The van der Waals surface area contributed by atoms with Gasteiger partial charge in [0.05, 0.1) is 0 Å². The monoisotopic (exact) mass is 305 g/mol. The number of rotatable bonds is 6. The highest BCUT2D eigenvalue weighted by atomic mass is 19.4. The Morgan fingerprint density at radius 1 is 1.24 bits per heavy atom. The van der Waals surface area contributed by atoms with Gasteiger partial charge in [-0.3, -0.25) is 0 Å². The molecule has 2 N–H and O–H groups in total. The van der Waals surface area contributed by atoms with E-state index in [1.807, 2.05) is 20.8 Å². The van der Waals surface area contributed by atoms with Gasteiger partial charge in [0.2, 0.25) is 0 Å². The Bertz CT molecular complexity index is 441. The van der Waals surface area contributed by atoms with Gasteiger partial charge in [-0.05, 0) is 29.5 Å². The molecule has 6 heteroatoms. The van der Waals surface area contributed by atoms with E-state index in [4.69, 9.17) is 5.11 Å². The molecule has 3 nitrogen and oxygen atoms in total. The van der Waals surface area contributed by atoms with E-state index >= 15 is 0 Å². The molecule has 0 heterocycles. The second-order valence-corrected chi connectivity index (χ2v) is 6.01. The third kappa shape index (κ3) is 6.82. The molecular formula is C15H22F3NO2. The molecular weight excluding hydrogens is 283 g/mol. The normalized spacial score (nSPS) is 14.0. The highest BCUT2D eigenvalue weighted by molar-refractivity contribution is 5.28. The molecule has 1 unspecified atom stereocenters. The van der Waals surface area contributed by atoms with Crippen LogP contribution in [0.25, 0.3) is 0 Å². The molecule has 1 aromatic rings. The van der Waals surface area contributed by atoms with Crippen molar-refractivity contribution in [1.82, 2.24) is 5.32 Å². The summed E-state index contributed by atoms with van der Waals surface area (Å²) in [6, 6.07) is 5.95. The average molecular weight is 305 g/mol. The van der Waals surface area contributed by atoms with E-state index in [9.17, 15) is 13.2 Å². The molecule has 0 aliphatic carbocycles. The first-order valence-corrected chi connectivity index (χ1v) is 6.81. The summed E-state index contributed by atoms with van der Waals surface area (Å²) in [7, 11) is 0. The maximum absolute atomic E-state index is 12.2. The molecule has 1 atom stereocenters. The summed E-state index contributed by atoms with van der Waals surface area (Å²) in [5.74, 6) is -0.226. The average Bonchev–Trinajstić information content (AvgIpc) is 2.31. The number of hydrogen-bond acceptors (Lipinski definition) is 3. The first-order chi connectivity index (χ1) is 9.62. The third-order valence-electron chi connectivity index (χ3n) is 3.15. The molecule has 0 amide bonds. The van der Waals surface area contributed by atoms with Crippen molar-refractivity contribution in [3.05, 3.63) is 29.8 Å². The molecule has 0 spiro atoms. The molecule has 0 aliphatic rings. The maximum Gasteiger partial charge on any atom is 0.573 e. The minimum atomic E-state index is -4.68. The van der Waals surface area contributed by atoms with Crippen LogP contribution in [0, 0.1) is 5.41 Å². The predicted octanol–water partition coefficient (Wildman–Crippen LogP) is 3.47. The quantitative estimate of drug-likeness (QED) is 0.845.